The molecule has 2 bridgehead atoms. The van der Waals surface area contributed by atoms with Crippen LogP contribution in [0.2, 0.25) is 0 Å². The second-order valence-electron chi connectivity index (χ2n) is 11.7. The number of piperidine rings is 1. The number of fused-ring (bicyclic) bond motifs is 4. The highest BCUT2D eigenvalue weighted by atomic mass is 16.5. The predicted molar refractivity (Wildman–Crippen MR) is 136 cm³/mol. The standard InChI is InChI=1S/C29H29N3O6/c33-19-7-6-15-10-20-29(37)11-18-16-2-1-3-17(27(36)30-12-21(34)35)23(16)31-24(18)26-28(29,22(15)25(19)38-26)8-9-32(20)13-14-4-5-14/h1-3,6-7,14,20,26,31,33,37H,4-5,8-13H2,(H,30,36)(H,34,35)/t20-,26-,28-,29+/m0/s1. The average molecular weight is 516 g/mol. The van der Waals surface area contributed by atoms with E-state index in [2.05, 4.69) is 15.2 Å². The molecule has 2 aromatic carbocycles. The first-order chi connectivity index (χ1) is 18.3. The molecule has 3 aliphatic carbocycles. The molecule has 0 unspecified atom stereocenters. The first kappa shape index (κ1) is 22.4. The fourth-order valence-corrected chi connectivity index (χ4v) is 8.09. The number of aromatic nitrogens is 1. The topological polar surface area (TPSA) is 135 Å². The first-order valence-electron chi connectivity index (χ1n) is 13.4. The minimum atomic E-state index is -1.11. The number of likely N-dealkylation sites (tertiary alicyclic amines) is 1. The predicted octanol–water partition coefficient (Wildman–Crippen LogP) is 2.39. The molecule has 0 radical (unpaired) electrons. The monoisotopic (exact) mass is 515 g/mol. The van der Waals surface area contributed by atoms with Crippen molar-refractivity contribution < 1.29 is 29.6 Å². The summed E-state index contributed by atoms with van der Waals surface area (Å²) in [6.07, 6.45) is 3.76. The largest absolute Gasteiger partial charge is 0.504 e. The number of ether oxygens (including phenoxy) is 1. The third-order valence-electron chi connectivity index (χ3n) is 9.84. The fraction of sp³-hybridized carbons (Fsp3) is 0.448. The minimum Gasteiger partial charge on any atom is -0.504 e. The van der Waals surface area contributed by atoms with E-state index in [1.165, 1.54) is 12.8 Å². The third kappa shape index (κ3) is 2.68. The molecule has 5 aliphatic rings. The van der Waals surface area contributed by atoms with Crippen molar-refractivity contribution in [3.8, 4) is 11.5 Å². The van der Waals surface area contributed by atoms with Crippen molar-refractivity contribution in [2.75, 3.05) is 19.6 Å². The number of aromatic amines is 1. The number of carbonyl (C=O) groups excluding carboxylic acids is 1. The van der Waals surface area contributed by atoms with Gasteiger partial charge in [-0.3, -0.25) is 14.5 Å². The zero-order valence-corrected chi connectivity index (χ0v) is 20.8. The Morgan fingerprint density at radius 1 is 1.21 bits per heavy atom. The number of H-pyrrole nitrogens is 1. The Bertz CT molecular complexity index is 1560. The van der Waals surface area contributed by atoms with Crippen LogP contribution in [0, 0.1) is 5.92 Å². The zero-order chi connectivity index (χ0) is 26.0. The molecule has 9 heteroatoms. The summed E-state index contributed by atoms with van der Waals surface area (Å²) in [6, 6.07) is 9.00. The number of phenols is 1. The van der Waals surface area contributed by atoms with Gasteiger partial charge in [0.15, 0.2) is 17.6 Å². The highest BCUT2D eigenvalue weighted by Gasteiger charge is 2.72. The molecule has 3 heterocycles. The Labute approximate surface area is 218 Å². The van der Waals surface area contributed by atoms with Crippen LogP contribution in [0.1, 0.15) is 58.1 Å². The number of nitrogens with zero attached hydrogens (tertiary/aromatic N) is 1. The lowest BCUT2D eigenvalue weighted by molar-refractivity contribution is -0.173. The number of phenolic OH excluding ortho intramolecular Hbond substituents is 1. The van der Waals surface area contributed by atoms with Crippen LogP contribution in [0.15, 0.2) is 30.3 Å². The molecular formula is C29H29N3O6. The van der Waals surface area contributed by atoms with Gasteiger partial charge in [-0.2, -0.15) is 0 Å². The van der Waals surface area contributed by atoms with Crippen molar-refractivity contribution in [3.05, 3.63) is 58.3 Å². The molecule has 38 heavy (non-hydrogen) atoms. The number of benzene rings is 2. The van der Waals surface area contributed by atoms with E-state index in [-0.39, 0.29) is 11.8 Å². The zero-order valence-electron chi connectivity index (χ0n) is 20.8. The molecule has 1 aromatic heterocycles. The second-order valence-corrected chi connectivity index (χ2v) is 11.7. The lowest BCUT2D eigenvalue weighted by atomic mass is 9.49. The summed E-state index contributed by atoms with van der Waals surface area (Å²) in [7, 11) is 0. The van der Waals surface area contributed by atoms with Crippen molar-refractivity contribution in [2.24, 2.45) is 5.92 Å². The average Bonchev–Trinajstić information content (AvgIpc) is 3.53. The lowest BCUT2D eigenvalue weighted by Gasteiger charge is -2.62. The van der Waals surface area contributed by atoms with E-state index in [4.69, 9.17) is 9.84 Å². The highest BCUT2D eigenvalue weighted by Crippen LogP contribution is 2.69. The molecule has 1 amide bonds. The Kier molecular flexibility index (Phi) is 4.31. The van der Waals surface area contributed by atoms with Gasteiger partial charge in [0.25, 0.3) is 5.91 Å². The van der Waals surface area contributed by atoms with E-state index in [1.807, 2.05) is 12.1 Å². The quantitative estimate of drug-likeness (QED) is 0.352. The van der Waals surface area contributed by atoms with Crippen molar-refractivity contribution in [1.29, 1.82) is 0 Å². The van der Waals surface area contributed by atoms with E-state index in [0.717, 1.165) is 40.9 Å². The molecule has 2 fully saturated rings. The highest BCUT2D eigenvalue weighted by molar-refractivity contribution is 6.07. The Morgan fingerprint density at radius 2 is 2.05 bits per heavy atom. The number of hydrogen-bond acceptors (Lipinski definition) is 6. The first-order valence-corrected chi connectivity index (χ1v) is 13.4. The summed E-state index contributed by atoms with van der Waals surface area (Å²) >= 11 is 0. The van der Waals surface area contributed by atoms with Gasteiger partial charge in [-0.1, -0.05) is 18.2 Å². The molecule has 1 saturated carbocycles. The Morgan fingerprint density at radius 3 is 2.84 bits per heavy atom. The molecule has 8 rings (SSSR count). The summed E-state index contributed by atoms with van der Waals surface area (Å²) in [6.45, 7) is 1.37. The van der Waals surface area contributed by atoms with Crippen LogP contribution in [-0.2, 0) is 23.1 Å². The summed E-state index contributed by atoms with van der Waals surface area (Å²) < 4.78 is 6.60. The van der Waals surface area contributed by atoms with Crippen LogP contribution in [-0.4, -0.2) is 68.4 Å². The van der Waals surface area contributed by atoms with Crippen LogP contribution in [0.3, 0.4) is 0 Å². The Balaban J connectivity index is 1.33. The molecular weight excluding hydrogens is 486 g/mol. The van der Waals surface area contributed by atoms with E-state index in [1.54, 1.807) is 18.2 Å². The van der Waals surface area contributed by atoms with Gasteiger partial charge in [0.1, 0.15) is 6.54 Å². The van der Waals surface area contributed by atoms with Crippen molar-refractivity contribution >= 4 is 22.8 Å². The minimum absolute atomic E-state index is 0.0777. The third-order valence-corrected chi connectivity index (χ3v) is 9.84. The summed E-state index contributed by atoms with van der Waals surface area (Å²) in [5, 5.41) is 36.1. The summed E-state index contributed by atoms with van der Waals surface area (Å²) in [5.74, 6) is -0.349. The van der Waals surface area contributed by atoms with Crippen molar-refractivity contribution in [1.82, 2.24) is 15.2 Å². The number of rotatable bonds is 5. The molecule has 5 N–H and O–H groups in total. The maximum Gasteiger partial charge on any atom is 0.322 e. The van der Waals surface area contributed by atoms with Gasteiger partial charge in [-0.15, -0.1) is 0 Å². The van der Waals surface area contributed by atoms with Crippen molar-refractivity contribution in [3.63, 3.8) is 0 Å². The van der Waals surface area contributed by atoms with Gasteiger partial charge in [0.05, 0.1) is 27.8 Å². The molecule has 1 spiro atoms. The fourth-order valence-electron chi connectivity index (χ4n) is 8.09. The van der Waals surface area contributed by atoms with E-state index in [0.29, 0.717) is 42.0 Å². The summed E-state index contributed by atoms with van der Waals surface area (Å²) in [5.41, 5.74) is 2.95. The maximum atomic E-state index is 12.9. The number of aliphatic carboxylic acids is 1. The number of carboxylic acids is 1. The van der Waals surface area contributed by atoms with Crippen LogP contribution >= 0.6 is 0 Å². The summed E-state index contributed by atoms with van der Waals surface area (Å²) in [4.78, 5) is 29.9. The molecule has 196 valence electrons. The Hall–Kier alpha value is -3.56. The van der Waals surface area contributed by atoms with Gasteiger partial charge in [0.2, 0.25) is 0 Å². The van der Waals surface area contributed by atoms with Gasteiger partial charge in [0, 0.05) is 30.0 Å². The van der Waals surface area contributed by atoms with Gasteiger partial charge >= 0.3 is 5.97 Å². The number of amides is 1. The molecule has 4 atom stereocenters. The number of carbonyl (C=O) groups is 2. The molecule has 9 nitrogen and oxygen atoms in total. The van der Waals surface area contributed by atoms with E-state index < -0.39 is 35.5 Å². The normalized spacial score (nSPS) is 30.4. The van der Waals surface area contributed by atoms with Gasteiger partial charge < -0.3 is 30.4 Å². The SMILES string of the molecule is O=C(O)CNC(=O)c1cccc2c3c([nH]c12)[C@@H]1Oc2c(O)ccc4c2[C@@]12CCN(CC1CC1)[C@@H](C4)[C@]2(O)C3. The molecule has 3 aromatic rings. The number of nitrogens with one attached hydrogen (secondary N) is 2. The number of aromatic hydroxyl groups is 1. The number of hydrogen-bond donors (Lipinski definition) is 5. The number of para-hydroxylation sites is 1. The molecule has 1 saturated heterocycles. The number of aliphatic hydroxyl groups is 1. The van der Waals surface area contributed by atoms with Crippen LogP contribution in [0.25, 0.3) is 10.9 Å². The van der Waals surface area contributed by atoms with Crippen LogP contribution in [0.4, 0.5) is 0 Å². The lowest BCUT2D eigenvalue weighted by Crippen LogP contribution is -2.74. The maximum absolute atomic E-state index is 12.9. The van der Waals surface area contributed by atoms with Crippen LogP contribution < -0.4 is 10.1 Å². The smallest absolute Gasteiger partial charge is 0.322 e. The van der Waals surface area contributed by atoms with Gasteiger partial charge in [-0.25, -0.2) is 0 Å². The van der Waals surface area contributed by atoms with E-state index in [9.17, 15) is 19.8 Å². The van der Waals surface area contributed by atoms with Gasteiger partial charge in [-0.05, 0) is 61.4 Å². The van der Waals surface area contributed by atoms with Crippen LogP contribution in [0.5, 0.6) is 11.5 Å². The molecule has 2 aliphatic heterocycles. The van der Waals surface area contributed by atoms with Crippen molar-refractivity contribution in [2.45, 2.75) is 55.3 Å². The van der Waals surface area contributed by atoms with E-state index >= 15 is 0 Å². The second kappa shape index (κ2) is 7.30. The number of carboxylic acid groups (broad SMARTS) is 1.